The van der Waals surface area contributed by atoms with Crippen molar-refractivity contribution in [3.63, 3.8) is 0 Å². The van der Waals surface area contributed by atoms with Crippen molar-refractivity contribution < 1.29 is 27.4 Å². The zero-order chi connectivity index (χ0) is 19.4. The number of nitrogens with one attached hydrogen (secondary N) is 2. The highest BCUT2D eigenvalue weighted by atomic mass is 32.2. The molecule has 0 bridgehead atoms. The van der Waals surface area contributed by atoms with Gasteiger partial charge in [-0.2, -0.15) is 0 Å². The Morgan fingerprint density at radius 3 is 2.52 bits per heavy atom. The van der Waals surface area contributed by atoms with Gasteiger partial charge in [-0.05, 0) is 43.5 Å². The highest BCUT2D eigenvalue weighted by molar-refractivity contribution is 7.89. The van der Waals surface area contributed by atoms with Gasteiger partial charge < -0.3 is 15.2 Å². The molecule has 9 heteroatoms. The van der Waals surface area contributed by atoms with E-state index in [1.807, 2.05) is 0 Å². The van der Waals surface area contributed by atoms with Crippen molar-refractivity contribution in [3.8, 4) is 0 Å². The Balaban J connectivity index is 1.62. The molecule has 27 heavy (non-hydrogen) atoms. The lowest BCUT2D eigenvalue weighted by molar-refractivity contribution is -0.126. The number of ether oxygens (including phenoxy) is 1. The minimum Gasteiger partial charge on any atom is -0.394 e. The molecule has 1 heterocycles. The molecule has 0 aromatic heterocycles. The Bertz CT molecular complexity index is 792. The minimum absolute atomic E-state index is 0.0870. The molecule has 1 aromatic carbocycles. The molecule has 1 saturated carbocycles. The first-order chi connectivity index (χ1) is 12.9. The molecule has 1 aromatic rings. The monoisotopic (exact) mass is 398 g/mol. The summed E-state index contributed by atoms with van der Waals surface area (Å²) in [5, 5.41) is 12.5. The SMILES string of the molecule is O=C(C[C@H]1C=C[C@@H](NS(=O)(=O)c2ccc(F)cc2)[C@@H](CO)O1)NC1CCC1. The average molecular weight is 398 g/mol. The predicted octanol–water partition coefficient (Wildman–Crippen LogP) is 0.847. The van der Waals surface area contributed by atoms with E-state index in [-0.39, 0.29) is 23.3 Å². The number of benzene rings is 1. The maximum atomic E-state index is 13.0. The molecule has 2 aliphatic rings. The van der Waals surface area contributed by atoms with Gasteiger partial charge in [0.15, 0.2) is 0 Å². The van der Waals surface area contributed by atoms with Crippen LogP contribution in [-0.2, 0) is 19.6 Å². The number of hydrogen-bond acceptors (Lipinski definition) is 5. The van der Waals surface area contributed by atoms with Crippen molar-refractivity contribution in [1.82, 2.24) is 10.0 Å². The third-order valence-electron chi connectivity index (χ3n) is 4.74. The van der Waals surface area contributed by atoms with Crippen LogP contribution in [0.2, 0.25) is 0 Å². The first-order valence-electron chi connectivity index (χ1n) is 8.89. The fraction of sp³-hybridized carbons (Fsp3) is 0.500. The topological polar surface area (TPSA) is 105 Å². The van der Waals surface area contributed by atoms with E-state index in [2.05, 4.69) is 10.0 Å². The molecule has 1 aliphatic carbocycles. The summed E-state index contributed by atoms with van der Waals surface area (Å²) >= 11 is 0. The van der Waals surface area contributed by atoms with Crippen LogP contribution in [-0.4, -0.2) is 50.3 Å². The Labute approximate surface area is 157 Å². The van der Waals surface area contributed by atoms with Crippen molar-refractivity contribution in [2.75, 3.05) is 6.61 Å². The van der Waals surface area contributed by atoms with Gasteiger partial charge in [-0.15, -0.1) is 0 Å². The van der Waals surface area contributed by atoms with Gasteiger partial charge in [0.2, 0.25) is 15.9 Å². The summed E-state index contributed by atoms with van der Waals surface area (Å²) in [6, 6.07) is 3.87. The van der Waals surface area contributed by atoms with Crippen LogP contribution in [0.25, 0.3) is 0 Å². The number of aliphatic hydroxyl groups is 1. The summed E-state index contributed by atoms with van der Waals surface area (Å²) in [5.41, 5.74) is 0. The lowest BCUT2D eigenvalue weighted by Crippen LogP contribution is -2.49. The Morgan fingerprint density at radius 2 is 1.93 bits per heavy atom. The molecule has 1 aliphatic heterocycles. The Hall–Kier alpha value is -1.81. The molecule has 0 spiro atoms. The van der Waals surface area contributed by atoms with E-state index in [0.29, 0.717) is 0 Å². The largest absolute Gasteiger partial charge is 0.394 e. The van der Waals surface area contributed by atoms with E-state index < -0.39 is 40.7 Å². The van der Waals surface area contributed by atoms with Crippen molar-refractivity contribution in [3.05, 3.63) is 42.2 Å². The van der Waals surface area contributed by atoms with Gasteiger partial charge in [0.1, 0.15) is 11.9 Å². The molecule has 7 nitrogen and oxygen atoms in total. The highest BCUT2D eigenvalue weighted by Crippen LogP contribution is 2.21. The van der Waals surface area contributed by atoms with Crippen LogP contribution in [0.15, 0.2) is 41.3 Å². The van der Waals surface area contributed by atoms with Gasteiger partial charge in [-0.1, -0.05) is 12.2 Å². The first kappa shape index (κ1) is 19.9. The van der Waals surface area contributed by atoms with Crippen molar-refractivity contribution in [2.24, 2.45) is 0 Å². The maximum Gasteiger partial charge on any atom is 0.241 e. The van der Waals surface area contributed by atoms with Gasteiger partial charge in [-0.25, -0.2) is 17.5 Å². The second-order valence-electron chi connectivity index (χ2n) is 6.78. The normalized spacial score (nSPS) is 25.8. The fourth-order valence-electron chi connectivity index (χ4n) is 2.99. The lowest BCUT2D eigenvalue weighted by Gasteiger charge is -2.32. The van der Waals surface area contributed by atoms with Gasteiger partial charge in [0.25, 0.3) is 0 Å². The van der Waals surface area contributed by atoms with E-state index in [0.717, 1.165) is 43.5 Å². The number of halogens is 1. The second-order valence-corrected chi connectivity index (χ2v) is 8.49. The summed E-state index contributed by atoms with van der Waals surface area (Å²) < 4.78 is 45.9. The Kier molecular flexibility index (Phi) is 6.25. The summed E-state index contributed by atoms with van der Waals surface area (Å²) in [6.45, 7) is -0.415. The average Bonchev–Trinajstić information content (AvgIpc) is 2.59. The molecule has 3 N–H and O–H groups in total. The van der Waals surface area contributed by atoms with Gasteiger partial charge in [0.05, 0.1) is 30.1 Å². The molecule has 3 atom stereocenters. The minimum atomic E-state index is -3.91. The molecule has 0 unspecified atom stereocenters. The third-order valence-corrected chi connectivity index (χ3v) is 6.21. The van der Waals surface area contributed by atoms with Crippen molar-refractivity contribution in [2.45, 2.75) is 54.9 Å². The zero-order valence-corrected chi connectivity index (χ0v) is 15.5. The smallest absolute Gasteiger partial charge is 0.241 e. The first-order valence-corrected chi connectivity index (χ1v) is 10.4. The third kappa shape index (κ3) is 5.13. The summed E-state index contributed by atoms with van der Waals surface area (Å²) in [7, 11) is -3.91. The molecule has 0 radical (unpaired) electrons. The number of amides is 1. The van der Waals surface area contributed by atoms with Crippen molar-refractivity contribution >= 4 is 15.9 Å². The van der Waals surface area contributed by atoms with Crippen LogP contribution in [0.5, 0.6) is 0 Å². The maximum absolute atomic E-state index is 13.0. The number of rotatable bonds is 7. The van der Waals surface area contributed by atoms with Crippen LogP contribution in [0, 0.1) is 5.82 Å². The summed E-state index contributed by atoms with van der Waals surface area (Å²) in [6.07, 6.45) is 5.03. The quantitative estimate of drug-likeness (QED) is 0.591. The van der Waals surface area contributed by atoms with E-state index in [4.69, 9.17) is 4.74 Å². The number of aliphatic hydroxyl groups excluding tert-OH is 1. The number of hydrogen-bond donors (Lipinski definition) is 3. The molecule has 0 saturated heterocycles. The number of carbonyl (C=O) groups is 1. The fourth-order valence-corrected chi connectivity index (χ4v) is 4.21. The second kappa shape index (κ2) is 8.47. The van der Waals surface area contributed by atoms with Gasteiger partial charge >= 0.3 is 0 Å². The standard InChI is InChI=1S/C18H23FN2O5S/c19-12-4-7-15(8-5-12)27(24,25)21-16-9-6-14(26-17(16)11-22)10-18(23)20-13-2-1-3-13/h4-9,13-14,16-17,21-22H,1-3,10-11H2,(H,20,23)/t14-,16-,17-/m1/s1. The van der Waals surface area contributed by atoms with E-state index in [9.17, 15) is 22.7 Å². The molecule has 1 fully saturated rings. The van der Waals surface area contributed by atoms with Crippen LogP contribution < -0.4 is 10.0 Å². The summed E-state index contributed by atoms with van der Waals surface area (Å²) in [4.78, 5) is 11.9. The number of sulfonamides is 1. The van der Waals surface area contributed by atoms with E-state index in [1.54, 1.807) is 12.2 Å². The van der Waals surface area contributed by atoms with Crippen LogP contribution in [0.4, 0.5) is 4.39 Å². The molecule has 3 rings (SSSR count). The molecular formula is C18H23FN2O5S. The van der Waals surface area contributed by atoms with E-state index >= 15 is 0 Å². The predicted molar refractivity (Wildman–Crippen MR) is 95.8 cm³/mol. The van der Waals surface area contributed by atoms with Crippen LogP contribution >= 0.6 is 0 Å². The van der Waals surface area contributed by atoms with E-state index in [1.165, 1.54) is 0 Å². The van der Waals surface area contributed by atoms with Crippen LogP contribution in [0.1, 0.15) is 25.7 Å². The highest BCUT2D eigenvalue weighted by Gasteiger charge is 2.32. The zero-order valence-electron chi connectivity index (χ0n) is 14.7. The van der Waals surface area contributed by atoms with Gasteiger partial charge in [0, 0.05) is 6.04 Å². The molecule has 1 amide bonds. The molecular weight excluding hydrogens is 375 g/mol. The number of carbonyl (C=O) groups excluding carboxylic acids is 1. The molecule has 148 valence electrons. The van der Waals surface area contributed by atoms with Crippen LogP contribution in [0.3, 0.4) is 0 Å². The van der Waals surface area contributed by atoms with Gasteiger partial charge in [-0.3, -0.25) is 4.79 Å². The lowest BCUT2D eigenvalue weighted by atomic mass is 9.93. The summed E-state index contributed by atoms with van der Waals surface area (Å²) in [5.74, 6) is -0.664. The van der Waals surface area contributed by atoms with Crippen molar-refractivity contribution in [1.29, 1.82) is 0 Å². The Morgan fingerprint density at radius 1 is 1.22 bits per heavy atom.